The van der Waals surface area contributed by atoms with Crippen LogP contribution in [0, 0.1) is 0 Å². The van der Waals surface area contributed by atoms with E-state index in [9.17, 15) is 31.5 Å². The van der Waals surface area contributed by atoms with Crippen LogP contribution in [-0.2, 0) is 16.2 Å². The fourth-order valence-corrected chi connectivity index (χ4v) is 4.05. The van der Waals surface area contributed by atoms with Crippen LogP contribution in [0.5, 0.6) is 11.5 Å². The molecule has 0 heterocycles. The second kappa shape index (κ2) is 10.9. The highest BCUT2D eigenvalue weighted by Gasteiger charge is 2.30. The minimum absolute atomic E-state index is 0.0276. The molecule has 0 amide bonds. The Morgan fingerprint density at radius 2 is 1.73 bits per heavy atom. The van der Waals surface area contributed by atoms with Gasteiger partial charge in [0.15, 0.2) is 0 Å². The zero-order valence-corrected chi connectivity index (χ0v) is 19.4. The lowest BCUT2D eigenvalue weighted by Crippen LogP contribution is -2.28. The van der Waals surface area contributed by atoms with Crippen LogP contribution in [0.1, 0.15) is 49.0 Å². The van der Waals surface area contributed by atoms with Crippen molar-refractivity contribution in [1.29, 1.82) is 0 Å². The van der Waals surface area contributed by atoms with Crippen molar-refractivity contribution in [2.45, 2.75) is 44.2 Å². The van der Waals surface area contributed by atoms with Gasteiger partial charge in [0.05, 0.1) is 16.8 Å². The Morgan fingerprint density at radius 3 is 2.21 bits per heavy atom. The Hall–Kier alpha value is -2.79. The average Bonchev–Trinajstić information content (AvgIpc) is 2.75. The maximum Gasteiger partial charge on any atom is 0.416 e. The van der Waals surface area contributed by atoms with E-state index in [2.05, 4.69) is 4.72 Å². The molecule has 182 valence electrons. The van der Waals surface area contributed by atoms with Crippen LogP contribution in [0.3, 0.4) is 0 Å². The number of sulfonamides is 1. The third-order valence-electron chi connectivity index (χ3n) is 4.88. The first-order chi connectivity index (χ1) is 15.4. The van der Waals surface area contributed by atoms with Crippen LogP contribution in [0.4, 0.5) is 18.9 Å². The number of benzene rings is 2. The first-order valence-corrected chi connectivity index (χ1v) is 11.9. The number of aromatic carboxylic acids is 1. The summed E-state index contributed by atoms with van der Waals surface area (Å²) in [5.41, 5.74) is -0.823. The molecule has 0 spiro atoms. The molecular weight excluding hydrogens is 461 g/mol. The fraction of sp³-hybridized carbons (Fsp3) is 0.409. The molecule has 11 heteroatoms. The number of nitrogens with one attached hydrogen (secondary N) is 1. The van der Waals surface area contributed by atoms with E-state index < -0.39 is 32.6 Å². The number of hydrogen-bond donors (Lipinski definition) is 2. The zero-order chi connectivity index (χ0) is 24.8. The first-order valence-electron chi connectivity index (χ1n) is 10.4. The molecule has 0 aliphatic heterocycles. The van der Waals surface area contributed by atoms with Crippen LogP contribution in [0.25, 0.3) is 0 Å². The molecule has 2 aromatic rings. The third kappa shape index (κ3) is 6.61. The van der Waals surface area contributed by atoms with Gasteiger partial charge in [-0.15, -0.1) is 0 Å². The van der Waals surface area contributed by atoms with Crippen molar-refractivity contribution >= 4 is 21.7 Å². The summed E-state index contributed by atoms with van der Waals surface area (Å²) < 4.78 is 71.6. The van der Waals surface area contributed by atoms with Crippen molar-refractivity contribution in [1.82, 2.24) is 4.72 Å². The molecule has 2 rings (SSSR count). The highest BCUT2D eigenvalue weighted by atomic mass is 32.2. The molecule has 0 fully saturated rings. The largest absolute Gasteiger partial charge is 0.478 e. The normalized spacial score (nSPS) is 11.9. The number of carbonyl (C=O) groups is 1. The summed E-state index contributed by atoms with van der Waals surface area (Å²) in [6.45, 7) is 4.99. The molecule has 33 heavy (non-hydrogen) atoms. The highest BCUT2D eigenvalue weighted by molar-refractivity contribution is 7.89. The highest BCUT2D eigenvalue weighted by Crippen LogP contribution is 2.37. The van der Waals surface area contributed by atoms with Gasteiger partial charge in [-0.05, 0) is 50.2 Å². The summed E-state index contributed by atoms with van der Waals surface area (Å²) in [5.74, 6) is -1.53. The van der Waals surface area contributed by atoms with E-state index in [0.717, 1.165) is 50.2 Å². The average molecular weight is 489 g/mol. The van der Waals surface area contributed by atoms with E-state index in [4.69, 9.17) is 4.74 Å². The van der Waals surface area contributed by atoms with Gasteiger partial charge in [-0.1, -0.05) is 20.3 Å². The third-order valence-corrected chi connectivity index (χ3v) is 6.31. The van der Waals surface area contributed by atoms with E-state index in [1.807, 2.05) is 18.7 Å². The fourth-order valence-electron chi connectivity index (χ4n) is 3.19. The predicted molar refractivity (Wildman–Crippen MR) is 119 cm³/mol. The van der Waals surface area contributed by atoms with Crippen LogP contribution < -0.4 is 14.4 Å². The second-order valence-corrected chi connectivity index (χ2v) is 9.15. The van der Waals surface area contributed by atoms with E-state index >= 15 is 0 Å². The molecule has 0 aliphatic carbocycles. The lowest BCUT2D eigenvalue weighted by molar-refractivity contribution is -0.137. The van der Waals surface area contributed by atoms with Gasteiger partial charge in [0.2, 0.25) is 10.0 Å². The minimum Gasteiger partial charge on any atom is -0.478 e. The quantitative estimate of drug-likeness (QED) is 0.456. The molecule has 0 saturated carbocycles. The van der Waals surface area contributed by atoms with E-state index in [1.54, 1.807) is 0 Å². The lowest BCUT2D eigenvalue weighted by atomic mass is 10.1. The van der Waals surface area contributed by atoms with Gasteiger partial charge in [-0.2, -0.15) is 13.2 Å². The van der Waals surface area contributed by atoms with E-state index in [1.165, 1.54) is 6.07 Å². The Morgan fingerprint density at radius 1 is 1.09 bits per heavy atom. The van der Waals surface area contributed by atoms with Crippen molar-refractivity contribution < 1.29 is 36.2 Å². The molecule has 0 aromatic heterocycles. The first kappa shape index (κ1) is 26.5. The number of rotatable bonds is 11. The van der Waals surface area contributed by atoms with Gasteiger partial charge < -0.3 is 14.7 Å². The number of alkyl halides is 3. The van der Waals surface area contributed by atoms with Gasteiger partial charge in [-0.3, -0.25) is 0 Å². The second-order valence-electron chi connectivity index (χ2n) is 7.29. The molecule has 0 radical (unpaired) electrons. The van der Waals surface area contributed by atoms with Crippen LogP contribution in [0.2, 0.25) is 0 Å². The monoisotopic (exact) mass is 488 g/mol. The minimum atomic E-state index is -4.53. The predicted octanol–water partition coefficient (Wildman–Crippen LogP) is 5.12. The summed E-state index contributed by atoms with van der Waals surface area (Å²) in [5, 5.41) is 9.77. The molecular formula is C22H27F3N2O5S. The van der Waals surface area contributed by atoms with Crippen molar-refractivity contribution in [3.63, 3.8) is 0 Å². The van der Waals surface area contributed by atoms with Crippen LogP contribution in [0.15, 0.2) is 41.3 Å². The maximum absolute atomic E-state index is 12.9. The number of anilines is 1. The summed E-state index contributed by atoms with van der Waals surface area (Å²) in [7, 11) is -2.98. The number of halogens is 3. The van der Waals surface area contributed by atoms with Crippen molar-refractivity contribution in [3.05, 3.63) is 47.5 Å². The van der Waals surface area contributed by atoms with Gasteiger partial charge in [0.25, 0.3) is 0 Å². The number of hydrogen-bond acceptors (Lipinski definition) is 5. The Kier molecular flexibility index (Phi) is 8.73. The molecule has 2 aromatic carbocycles. The molecule has 0 aliphatic rings. The zero-order valence-electron chi connectivity index (χ0n) is 18.6. The molecule has 0 saturated heterocycles. The van der Waals surface area contributed by atoms with Gasteiger partial charge >= 0.3 is 12.1 Å². The topological polar surface area (TPSA) is 95.9 Å². The summed E-state index contributed by atoms with van der Waals surface area (Å²) in [6.07, 6.45) is -2.17. The van der Waals surface area contributed by atoms with Crippen LogP contribution >= 0.6 is 0 Å². The standard InChI is InChI=1S/C22H27F3N2O5S/c1-4-6-12-27(11-5-2)18-14-19(20(33(30,31)26-3)13-17(18)21(28)29)32-16-9-7-15(8-10-16)22(23,24)25/h7-10,13-14,26H,4-6,11-12H2,1-3H3,(H,28,29). The molecule has 0 bridgehead atoms. The van der Waals surface area contributed by atoms with Gasteiger partial charge in [0, 0.05) is 19.2 Å². The number of carboxylic acid groups (broad SMARTS) is 1. The van der Waals surface area contributed by atoms with Gasteiger partial charge in [0.1, 0.15) is 16.4 Å². The van der Waals surface area contributed by atoms with Crippen LogP contribution in [-0.4, -0.2) is 39.6 Å². The number of ether oxygens (including phenoxy) is 1. The summed E-state index contributed by atoms with van der Waals surface area (Å²) >= 11 is 0. The molecule has 2 N–H and O–H groups in total. The Labute approximate surface area is 191 Å². The molecule has 0 unspecified atom stereocenters. The number of carboxylic acids is 1. The smallest absolute Gasteiger partial charge is 0.416 e. The molecule has 7 nitrogen and oxygen atoms in total. The van der Waals surface area contributed by atoms with Crippen molar-refractivity contribution in [3.8, 4) is 11.5 Å². The number of nitrogens with zero attached hydrogens (tertiary/aromatic N) is 1. The Bertz CT molecular complexity index is 1070. The summed E-state index contributed by atoms with van der Waals surface area (Å²) in [6, 6.07) is 6.11. The summed E-state index contributed by atoms with van der Waals surface area (Å²) in [4.78, 5) is 13.4. The maximum atomic E-state index is 12.9. The van der Waals surface area contributed by atoms with Crippen molar-refractivity contribution in [2.24, 2.45) is 0 Å². The van der Waals surface area contributed by atoms with Gasteiger partial charge in [-0.25, -0.2) is 17.9 Å². The van der Waals surface area contributed by atoms with E-state index in [0.29, 0.717) is 19.5 Å². The van der Waals surface area contributed by atoms with E-state index in [-0.39, 0.29) is 22.7 Å². The number of unbranched alkanes of at least 4 members (excludes halogenated alkanes) is 1. The SMILES string of the molecule is CCCCN(CCC)c1cc(Oc2ccc(C(F)(F)F)cc2)c(S(=O)(=O)NC)cc1C(=O)O. The Balaban J connectivity index is 2.66. The van der Waals surface area contributed by atoms with Crippen molar-refractivity contribution in [2.75, 3.05) is 25.0 Å². The lowest BCUT2D eigenvalue weighted by Gasteiger charge is -2.27. The molecule has 0 atom stereocenters.